The number of hydrogen-bond donors (Lipinski definition) is 0. The molecule has 0 aliphatic carbocycles. The Labute approximate surface area is 66.3 Å². The predicted octanol–water partition coefficient (Wildman–Crippen LogP) is 1.78. The number of aryl methyl sites for hydroxylation is 1. The van der Waals surface area contributed by atoms with Crippen LogP contribution >= 0.6 is 8.35 Å². The summed E-state index contributed by atoms with van der Waals surface area (Å²) in [4.78, 5) is 11.0. The number of carbonyl (C=O) groups is 1. The Bertz CT molecular complexity index is 259. The number of rotatable bonds is 1. The topological polar surface area (TPSA) is 44.1 Å². The largest absolute Gasteiger partial charge is 0.448 e. The third-order valence-electron chi connectivity index (χ3n) is 1.04. The van der Waals surface area contributed by atoms with Crippen LogP contribution in [-0.2, 0) is 4.74 Å². The van der Waals surface area contributed by atoms with Crippen molar-refractivity contribution in [3.63, 3.8) is 0 Å². The van der Waals surface area contributed by atoms with Crippen molar-refractivity contribution in [1.82, 2.24) is 9.54 Å². The van der Waals surface area contributed by atoms with E-state index in [-0.39, 0.29) is 6.09 Å². The van der Waals surface area contributed by atoms with Crippen LogP contribution in [0.4, 0.5) is 4.79 Å². The lowest BCUT2D eigenvalue weighted by Gasteiger charge is -1.97. The van der Waals surface area contributed by atoms with Crippen molar-refractivity contribution >= 4 is 14.4 Å². The van der Waals surface area contributed by atoms with E-state index in [9.17, 15) is 4.79 Å². The number of aromatic nitrogens is 2. The van der Waals surface area contributed by atoms with Gasteiger partial charge in [0, 0.05) is 14.1 Å². The maximum Gasteiger partial charge on any atom is 0.438 e. The highest BCUT2D eigenvalue weighted by Crippen LogP contribution is 2.07. The van der Waals surface area contributed by atoms with Crippen LogP contribution in [0.25, 0.3) is 0 Å². The van der Waals surface area contributed by atoms with Gasteiger partial charge < -0.3 is 4.74 Å². The number of hydrogen-bond acceptors (Lipinski definition) is 3. The van der Waals surface area contributed by atoms with Gasteiger partial charge in [0.25, 0.3) is 0 Å². The molecule has 0 aromatic carbocycles. The molecule has 0 bridgehead atoms. The maximum absolute atomic E-state index is 11.0. The average Bonchev–Trinajstić information content (AvgIpc) is 2.36. The summed E-state index contributed by atoms with van der Waals surface area (Å²) in [5.41, 5.74) is 0.847. The van der Waals surface area contributed by atoms with E-state index in [0.29, 0.717) is 6.61 Å². The first-order valence-corrected chi connectivity index (χ1v) is 4.21. The van der Waals surface area contributed by atoms with Crippen LogP contribution in [0.1, 0.15) is 12.6 Å². The summed E-state index contributed by atoms with van der Waals surface area (Å²) in [6, 6.07) is 0. The Kier molecular flexibility index (Phi) is 2.60. The molecule has 0 radical (unpaired) electrons. The predicted molar refractivity (Wildman–Crippen MR) is 41.9 cm³/mol. The third kappa shape index (κ3) is 2.02. The summed E-state index contributed by atoms with van der Waals surface area (Å²) < 4.78 is 6.00. The Morgan fingerprint density at radius 3 is 3.09 bits per heavy atom. The van der Waals surface area contributed by atoms with E-state index in [0.717, 1.165) is 14.0 Å². The molecule has 0 saturated heterocycles. The van der Waals surface area contributed by atoms with Gasteiger partial charge in [-0.1, -0.05) is 0 Å². The molecular formula is C6H9N2O2P. The summed E-state index contributed by atoms with van der Waals surface area (Å²) in [5, 5.41) is 3.91. The Balaban J connectivity index is 2.69. The van der Waals surface area contributed by atoms with Crippen LogP contribution in [0.2, 0.25) is 0 Å². The Morgan fingerprint density at radius 2 is 2.64 bits per heavy atom. The monoisotopic (exact) mass is 172 g/mol. The van der Waals surface area contributed by atoms with Gasteiger partial charge in [0.1, 0.15) is 0 Å². The van der Waals surface area contributed by atoms with Crippen molar-refractivity contribution in [2.45, 2.75) is 13.8 Å². The quantitative estimate of drug-likeness (QED) is 0.648. The fourth-order valence-corrected chi connectivity index (χ4v) is 1.28. The van der Waals surface area contributed by atoms with Crippen molar-refractivity contribution in [2.75, 3.05) is 6.61 Å². The van der Waals surface area contributed by atoms with Crippen molar-refractivity contribution < 1.29 is 9.53 Å². The molecule has 0 amide bonds. The standard InChI is InChI=1S/C6H9N2O2P/c1-3-10-6(9)8-7-5(2)4-11-8/h4H,3H2,1-2H3. The van der Waals surface area contributed by atoms with Crippen LogP contribution in [0.3, 0.4) is 0 Å². The Morgan fingerprint density at radius 1 is 1.91 bits per heavy atom. The fraction of sp³-hybridized carbons (Fsp3) is 0.500. The number of carbonyl (C=O) groups excluding carboxylic acids is 1. The molecule has 0 atom stereocenters. The van der Waals surface area contributed by atoms with Crippen LogP contribution in [-0.4, -0.2) is 22.2 Å². The summed E-state index contributed by atoms with van der Waals surface area (Å²) >= 11 is 0. The van der Waals surface area contributed by atoms with E-state index in [1.807, 2.05) is 12.7 Å². The average molecular weight is 172 g/mol. The minimum atomic E-state index is -0.387. The zero-order valence-electron chi connectivity index (χ0n) is 6.44. The van der Waals surface area contributed by atoms with E-state index in [1.54, 1.807) is 6.92 Å². The van der Waals surface area contributed by atoms with Crippen molar-refractivity contribution in [3.05, 3.63) is 11.5 Å². The molecule has 0 aliphatic rings. The Hall–Kier alpha value is -0.890. The summed E-state index contributed by atoms with van der Waals surface area (Å²) in [5.74, 6) is 1.84. The highest BCUT2D eigenvalue weighted by molar-refractivity contribution is 7.25. The summed E-state index contributed by atoms with van der Waals surface area (Å²) in [6.07, 6.45) is -0.387. The van der Waals surface area contributed by atoms with Crippen molar-refractivity contribution in [1.29, 1.82) is 0 Å². The second kappa shape index (κ2) is 3.49. The zero-order valence-corrected chi connectivity index (χ0v) is 7.34. The van der Waals surface area contributed by atoms with Gasteiger partial charge in [0.2, 0.25) is 0 Å². The summed E-state index contributed by atoms with van der Waals surface area (Å²) in [6.45, 7) is 4.00. The van der Waals surface area contributed by atoms with E-state index >= 15 is 0 Å². The highest BCUT2D eigenvalue weighted by Gasteiger charge is 2.04. The van der Waals surface area contributed by atoms with Crippen LogP contribution in [0.15, 0.2) is 5.80 Å². The van der Waals surface area contributed by atoms with Gasteiger partial charge in [-0.3, -0.25) is 0 Å². The highest BCUT2D eigenvalue weighted by atomic mass is 31.0. The second-order valence-corrected chi connectivity index (χ2v) is 2.84. The van der Waals surface area contributed by atoms with Gasteiger partial charge in [0.05, 0.1) is 12.3 Å². The van der Waals surface area contributed by atoms with Gasteiger partial charge in [-0.05, 0) is 13.8 Å². The smallest absolute Gasteiger partial charge is 0.438 e. The molecule has 0 aliphatic heterocycles. The molecule has 0 N–H and O–H groups in total. The number of nitrogens with zero attached hydrogens (tertiary/aromatic N) is 2. The van der Waals surface area contributed by atoms with Gasteiger partial charge in [-0.15, -0.1) is 4.44 Å². The molecule has 0 unspecified atom stereocenters. The lowest BCUT2D eigenvalue weighted by molar-refractivity contribution is 0.153. The molecule has 1 aromatic rings. The normalized spacial score (nSPS) is 10.4. The first-order valence-electron chi connectivity index (χ1n) is 3.30. The molecule has 5 heteroatoms. The van der Waals surface area contributed by atoms with E-state index in [2.05, 4.69) is 5.10 Å². The molecule has 11 heavy (non-hydrogen) atoms. The molecule has 1 rings (SSSR count). The van der Waals surface area contributed by atoms with E-state index in [4.69, 9.17) is 4.74 Å². The molecule has 0 fully saturated rings. The van der Waals surface area contributed by atoms with Crippen molar-refractivity contribution in [3.8, 4) is 0 Å². The minimum Gasteiger partial charge on any atom is -0.448 e. The number of ether oxygens (including phenoxy) is 1. The van der Waals surface area contributed by atoms with Crippen molar-refractivity contribution in [2.24, 2.45) is 0 Å². The van der Waals surface area contributed by atoms with Gasteiger partial charge in [0.15, 0.2) is 0 Å². The second-order valence-electron chi connectivity index (χ2n) is 1.97. The molecule has 1 heterocycles. The van der Waals surface area contributed by atoms with Crippen LogP contribution in [0.5, 0.6) is 0 Å². The van der Waals surface area contributed by atoms with E-state index in [1.165, 1.54) is 4.44 Å². The van der Waals surface area contributed by atoms with Gasteiger partial charge in [-0.25, -0.2) is 4.79 Å². The van der Waals surface area contributed by atoms with Gasteiger partial charge in [-0.2, -0.15) is 5.10 Å². The molecular weight excluding hydrogens is 163 g/mol. The first-order chi connectivity index (χ1) is 5.24. The molecule has 0 spiro atoms. The molecule has 60 valence electrons. The maximum atomic E-state index is 11.0. The molecule has 4 nitrogen and oxygen atoms in total. The third-order valence-corrected chi connectivity index (χ3v) is 2.00. The summed E-state index contributed by atoms with van der Waals surface area (Å²) in [7, 11) is 0.764. The lowest BCUT2D eigenvalue weighted by Crippen LogP contribution is -2.11. The lowest BCUT2D eigenvalue weighted by atomic mass is 10.6. The molecule has 1 aromatic heterocycles. The van der Waals surface area contributed by atoms with E-state index < -0.39 is 0 Å². The zero-order chi connectivity index (χ0) is 8.27. The molecule has 0 saturated carbocycles. The van der Waals surface area contributed by atoms with Crippen LogP contribution < -0.4 is 0 Å². The first kappa shape index (κ1) is 8.21. The van der Waals surface area contributed by atoms with Gasteiger partial charge >= 0.3 is 6.09 Å². The fourth-order valence-electron chi connectivity index (χ4n) is 0.608. The minimum absolute atomic E-state index is 0.387. The van der Waals surface area contributed by atoms with Crippen LogP contribution in [0, 0.1) is 6.92 Å². The SMILES string of the molecule is CCOC(=O)n1nc(C)cp1.